The maximum Gasteiger partial charge on any atom is 0.0954 e. The second-order valence-electron chi connectivity index (χ2n) is 6.02. The maximum absolute atomic E-state index is 10.3. The van der Waals surface area contributed by atoms with Crippen molar-refractivity contribution in [1.82, 2.24) is 10.3 Å². The van der Waals surface area contributed by atoms with E-state index >= 15 is 0 Å². The van der Waals surface area contributed by atoms with Crippen LogP contribution >= 0.6 is 11.3 Å². The molecule has 2 N–H and O–H groups in total. The summed E-state index contributed by atoms with van der Waals surface area (Å²) in [6, 6.07) is 16.5. The van der Waals surface area contributed by atoms with Crippen molar-refractivity contribution in [3.63, 3.8) is 0 Å². The Balaban J connectivity index is 1.54. The summed E-state index contributed by atoms with van der Waals surface area (Å²) in [6.45, 7) is 4.73. The van der Waals surface area contributed by atoms with Crippen LogP contribution in [0, 0.1) is 6.92 Å². The van der Waals surface area contributed by atoms with Crippen molar-refractivity contribution in [3.05, 3.63) is 64.7 Å². The fourth-order valence-electron chi connectivity index (χ4n) is 2.56. The molecule has 0 aliphatic carbocycles. The fourth-order valence-corrected chi connectivity index (χ4v) is 3.66. The number of aryl methyl sites for hydroxylation is 1. The van der Waals surface area contributed by atoms with Crippen LogP contribution in [-0.2, 0) is 6.42 Å². The van der Waals surface area contributed by atoms with Gasteiger partial charge in [-0.2, -0.15) is 0 Å². The van der Waals surface area contributed by atoms with Crippen LogP contribution in [0.1, 0.15) is 29.2 Å². The monoisotopic (exact) mass is 326 g/mol. The number of rotatable bonds is 6. The van der Waals surface area contributed by atoms with Crippen molar-refractivity contribution in [3.8, 4) is 0 Å². The topological polar surface area (TPSA) is 45.1 Å². The van der Waals surface area contributed by atoms with Crippen molar-refractivity contribution in [2.24, 2.45) is 0 Å². The number of nitrogens with one attached hydrogen (secondary N) is 1. The van der Waals surface area contributed by atoms with E-state index in [2.05, 4.69) is 36.3 Å². The number of nitrogens with zero attached hydrogens (tertiary/aromatic N) is 1. The highest BCUT2D eigenvalue weighted by Gasteiger charge is 2.11. The Morgan fingerprint density at radius 2 is 1.87 bits per heavy atom. The number of aliphatic hydroxyl groups excluding tert-OH is 1. The van der Waals surface area contributed by atoms with Crippen LogP contribution in [0.2, 0.25) is 0 Å². The van der Waals surface area contributed by atoms with Crippen LogP contribution in [0.25, 0.3) is 10.2 Å². The SMILES string of the molecule is Cc1ccc(C(O)CNC(C)Cc2nc3ccccc3s2)cc1. The van der Waals surface area contributed by atoms with E-state index in [4.69, 9.17) is 0 Å². The molecule has 120 valence electrons. The smallest absolute Gasteiger partial charge is 0.0954 e. The Labute approximate surface area is 141 Å². The molecular formula is C19H22N2OS. The molecule has 0 aliphatic rings. The first-order valence-electron chi connectivity index (χ1n) is 7.94. The summed E-state index contributed by atoms with van der Waals surface area (Å²) in [6.07, 6.45) is 0.397. The third kappa shape index (κ3) is 4.16. The zero-order chi connectivity index (χ0) is 16.2. The van der Waals surface area contributed by atoms with E-state index in [1.54, 1.807) is 11.3 Å². The molecule has 3 aromatic rings. The molecule has 1 heterocycles. The number of benzene rings is 2. The van der Waals surface area contributed by atoms with Crippen LogP contribution in [0.5, 0.6) is 0 Å². The molecule has 0 spiro atoms. The van der Waals surface area contributed by atoms with Crippen molar-refractivity contribution >= 4 is 21.6 Å². The minimum Gasteiger partial charge on any atom is -0.387 e. The summed E-state index contributed by atoms with van der Waals surface area (Å²) in [5.74, 6) is 0. The van der Waals surface area contributed by atoms with Crippen LogP contribution in [-0.4, -0.2) is 22.7 Å². The lowest BCUT2D eigenvalue weighted by molar-refractivity contribution is 0.170. The van der Waals surface area contributed by atoms with Gasteiger partial charge in [0.15, 0.2) is 0 Å². The summed E-state index contributed by atoms with van der Waals surface area (Å²) in [5, 5.41) is 14.8. The van der Waals surface area contributed by atoms with Gasteiger partial charge >= 0.3 is 0 Å². The molecule has 0 amide bonds. The largest absolute Gasteiger partial charge is 0.387 e. The molecule has 1 aromatic heterocycles. The maximum atomic E-state index is 10.3. The molecular weight excluding hydrogens is 304 g/mol. The van der Waals surface area contributed by atoms with Crippen molar-refractivity contribution in [2.75, 3.05) is 6.54 Å². The first kappa shape index (κ1) is 16.1. The first-order valence-corrected chi connectivity index (χ1v) is 8.76. The molecule has 0 saturated heterocycles. The third-order valence-corrected chi connectivity index (χ3v) is 5.00. The quantitative estimate of drug-likeness (QED) is 0.723. The lowest BCUT2D eigenvalue weighted by atomic mass is 10.1. The molecule has 2 atom stereocenters. The second kappa shape index (κ2) is 7.21. The number of aromatic nitrogens is 1. The molecule has 0 saturated carbocycles. The van der Waals surface area contributed by atoms with Crippen molar-refractivity contribution in [1.29, 1.82) is 0 Å². The minimum atomic E-state index is -0.478. The van der Waals surface area contributed by atoms with Crippen LogP contribution in [0.3, 0.4) is 0 Å². The lowest BCUT2D eigenvalue weighted by Gasteiger charge is -2.16. The van der Waals surface area contributed by atoms with Gasteiger partial charge in [-0.1, -0.05) is 42.0 Å². The zero-order valence-corrected chi connectivity index (χ0v) is 14.3. The molecule has 0 aliphatic heterocycles. The Morgan fingerprint density at radius 1 is 1.13 bits per heavy atom. The Hall–Kier alpha value is -1.75. The summed E-state index contributed by atoms with van der Waals surface area (Å²) >= 11 is 1.74. The van der Waals surface area contributed by atoms with Gasteiger partial charge < -0.3 is 10.4 Å². The van der Waals surface area contributed by atoms with Gasteiger partial charge in [0.2, 0.25) is 0 Å². The highest BCUT2D eigenvalue weighted by atomic mass is 32.1. The van der Waals surface area contributed by atoms with E-state index in [1.807, 2.05) is 36.4 Å². The van der Waals surface area contributed by atoms with Gasteiger partial charge in [0.1, 0.15) is 0 Å². The van der Waals surface area contributed by atoms with Crippen LogP contribution < -0.4 is 5.32 Å². The fraction of sp³-hybridized carbons (Fsp3) is 0.316. The highest BCUT2D eigenvalue weighted by molar-refractivity contribution is 7.18. The molecule has 0 radical (unpaired) electrons. The Morgan fingerprint density at radius 3 is 2.61 bits per heavy atom. The average Bonchev–Trinajstić information content (AvgIpc) is 2.95. The van der Waals surface area contributed by atoms with Gasteiger partial charge in [-0.15, -0.1) is 11.3 Å². The molecule has 0 fully saturated rings. The molecule has 3 rings (SSSR count). The second-order valence-corrected chi connectivity index (χ2v) is 7.13. The van der Waals surface area contributed by atoms with Gasteiger partial charge in [0.25, 0.3) is 0 Å². The molecule has 3 nitrogen and oxygen atoms in total. The number of hydrogen-bond acceptors (Lipinski definition) is 4. The van der Waals surface area contributed by atoms with Crippen molar-refractivity contribution in [2.45, 2.75) is 32.4 Å². The number of fused-ring (bicyclic) bond motifs is 1. The zero-order valence-electron chi connectivity index (χ0n) is 13.5. The van der Waals surface area contributed by atoms with Gasteiger partial charge in [-0.3, -0.25) is 0 Å². The van der Waals surface area contributed by atoms with E-state index in [1.165, 1.54) is 10.3 Å². The summed E-state index contributed by atoms with van der Waals surface area (Å²) in [4.78, 5) is 4.66. The number of hydrogen-bond donors (Lipinski definition) is 2. The predicted octanol–water partition coefficient (Wildman–Crippen LogP) is 3.86. The van der Waals surface area contributed by atoms with Gasteiger partial charge in [-0.05, 0) is 31.5 Å². The van der Waals surface area contributed by atoms with E-state index in [-0.39, 0.29) is 6.04 Å². The van der Waals surface area contributed by atoms with Gasteiger partial charge in [-0.25, -0.2) is 4.98 Å². The average molecular weight is 326 g/mol. The van der Waals surface area contributed by atoms with Crippen LogP contribution in [0.4, 0.5) is 0 Å². The third-order valence-electron chi connectivity index (χ3n) is 3.94. The lowest BCUT2D eigenvalue weighted by Crippen LogP contribution is -2.32. The normalized spacial score (nSPS) is 14.0. The summed E-state index contributed by atoms with van der Waals surface area (Å²) in [5.41, 5.74) is 3.23. The van der Waals surface area contributed by atoms with E-state index in [9.17, 15) is 5.11 Å². The standard InChI is InChI=1S/C19H22N2OS/c1-13-7-9-15(10-8-13)17(22)12-20-14(2)11-19-21-16-5-3-4-6-18(16)23-19/h3-10,14,17,20,22H,11-12H2,1-2H3. The Bertz CT molecular complexity index is 733. The Kier molecular flexibility index (Phi) is 5.06. The molecule has 2 aromatic carbocycles. The van der Waals surface area contributed by atoms with Crippen LogP contribution in [0.15, 0.2) is 48.5 Å². The number of para-hydroxylation sites is 1. The molecule has 23 heavy (non-hydrogen) atoms. The molecule has 2 unspecified atom stereocenters. The number of aliphatic hydroxyl groups is 1. The predicted molar refractivity (Wildman–Crippen MR) is 96.9 cm³/mol. The van der Waals surface area contributed by atoms with E-state index in [0.29, 0.717) is 6.54 Å². The molecule has 4 heteroatoms. The highest BCUT2D eigenvalue weighted by Crippen LogP contribution is 2.22. The van der Waals surface area contributed by atoms with Gasteiger partial charge in [0, 0.05) is 19.0 Å². The molecule has 0 bridgehead atoms. The van der Waals surface area contributed by atoms with Gasteiger partial charge in [0.05, 0.1) is 21.3 Å². The first-order chi connectivity index (χ1) is 11.1. The minimum absolute atomic E-state index is 0.274. The van der Waals surface area contributed by atoms with E-state index in [0.717, 1.165) is 22.5 Å². The number of thiazole rings is 1. The summed E-state index contributed by atoms with van der Waals surface area (Å²) < 4.78 is 1.23. The van der Waals surface area contributed by atoms with E-state index < -0.39 is 6.10 Å². The van der Waals surface area contributed by atoms with Crippen molar-refractivity contribution < 1.29 is 5.11 Å². The summed E-state index contributed by atoms with van der Waals surface area (Å²) in [7, 11) is 0.